The zero-order valence-electron chi connectivity index (χ0n) is 14.7. The van der Waals surface area contributed by atoms with Gasteiger partial charge in [0.05, 0.1) is 18.0 Å². The van der Waals surface area contributed by atoms with Crippen molar-refractivity contribution in [3.63, 3.8) is 0 Å². The monoisotopic (exact) mass is 344 g/mol. The highest BCUT2D eigenvalue weighted by Gasteiger charge is 2.19. The highest BCUT2D eigenvalue weighted by Crippen LogP contribution is 2.36. The average molecular weight is 344 g/mol. The minimum Gasteiger partial charge on any atom is -0.480 e. The highest BCUT2D eigenvalue weighted by molar-refractivity contribution is 5.97. The molecule has 130 valence electrons. The number of ether oxygens (including phenoxy) is 1. The molecule has 0 atom stereocenters. The molecule has 3 heterocycles. The summed E-state index contributed by atoms with van der Waals surface area (Å²) in [6.45, 7) is 0. The lowest BCUT2D eigenvalue weighted by molar-refractivity contribution is 0.402. The maximum absolute atomic E-state index is 5.39. The van der Waals surface area contributed by atoms with E-state index in [4.69, 9.17) is 9.72 Å². The van der Waals surface area contributed by atoms with E-state index in [9.17, 15) is 0 Å². The van der Waals surface area contributed by atoms with Crippen LogP contribution in [0.2, 0.25) is 0 Å². The number of nitrogens with zero attached hydrogens (tertiary/aromatic N) is 3. The number of benzene rings is 1. The first-order valence-electron chi connectivity index (χ1n) is 9.10. The Morgan fingerprint density at radius 1 is 1.04 bits per heavy atom. The first-order valence-corrected chi connectivity index (χ1v) is 9.10. The molecule has 1 aliphatic carbocycles. The standard InChI is InChI=1S/C21H20N4O/c1-26-21-16-10-14(6-8-19(16)23-12-24-21)17-11-22-20-15(17)7-9-18(25-20)13-4-2-3-5-13/h6-13H,2-5H2,1H3,(H,22,25). The maximum Gasteiger partial charge on any atom is 0.224 e. The number of pyridine rings is 1. The average Bonchev–Trinajstić information content (AvgIpc) is 3.36. The molecule has 0 unspecified atom stereocenters. The minimum atomic E-state index is 0.596. The fourth-order valence-electron chi connectivity index (χ4n) is 4.07. The van der Waals surface area contributed by atoms with Crippen molar-refractivity contribution in [2.24, 2.45) is 0 Å². The largest absolute Gasteiger partial charge is 0.480 e. The lowest BCUT2D eigenvalue weighted by atomic mass is 10.0. The minimum absolute atomic E-state index is 0.596. The van der Waals surface area contributed by atoms with Crippen molar-refractivity contribution in [1.82, 2.24) is 19.9 Å². The molecule has 5 nitrogen and oxygen atoms in total. The van der Waals surface area contributed by atoms with Gasteiger partial charge in [0.2, 0.25) is 5.88 Å². The quantitative estimate of drug-likeness (QED) is 0.577. The molecule has 5 rings (SSSR count). The summed E-state index contributed by atoms with van der Waals surface area (Å²) < 4.78 is 5.39. The summed E-state index contributed by atoms with van der Waals surface area (Å²) in [5.74, 6) is 1.21. The zero-order valence-corrected chi connectivity index (χ0v) is 14.7. The third-order valence-corrected chi connectivity index (χ3v) is 5.44. The number of hydrogen-bond donors (Lipinski definition) is 1. The van der Waals surface area contributed by atoms with Crippen LogP contribution in [0.1, 0.15) is 37.3 Å². The summed E-state index contributed by atoms with van der Waals surface area (Å²) in [6.07, 6.45) is 8.73. The predicted molar refractivity (Wildman–Crippen MR) is 102 cm³/mol. The van der Waals surface area contributed by atoms with Crippen molar-refractivity contribution < 1.29 is 4.74 Å². The van der Waals surface area contributed by atoms with Gasteiger partial charge in [0, 0.05) is 28.8 Å². The van der Waals surface area contributed by atoms with Gasteiger partial charge in [-0.2, -0.15) is 0 Å². The molecule has 0 spiro atoms. The van der Waals surface area contributed by atoms with Gasteiger partial charge < -0.3 is 9.72 Å². The van der Waals surface area contributed by atoms with Crippen LogP contribution in [0.15, 0.2) is 42.9 Å². The van der Waals surface area contributed by atoms with E-state index in [1.807, 2.05) is 12.3 Å². The summed E-state index contributed by atoms with van der Waals surface area (Å²) in [7, 11) is 1.63. The van der Waals surface area contributed by atoms with Gasteiger partial charge in [-0.1, -0.05) is 18.9 Å². The number of aromatic amines is 1. The van der Waals surface area contributed by atoms with E-state index in [-0.39, 0.29) is 0 Å². The van der Waals surface area contributed by atoms with E-state index in [2.05, 4.69) is 39.2 Å². The van der Waals surface area contributed by atoms with Crippen molar-refractivity contribution in [3.8, 4) is 17.0 Å². The number of rotatable bonds is 3. The Kier molecular flexibility index (Phi) is 3.59. The van der Waals surface area contributed by atoms with Crippen LogP contribution < -0.4 is 4.74 Å². The van der Waals surface area contributed by atoms with E-state index in [1.165, 1.54) is 37.7 Å². The van der Waals surface area contributed by atoms with Crippen molar-refractivity contribution in [3.05, 3.63) is 48.5 Å². The van der Waals surface area contributed by atoms with Crippen LogP contribution >= 0.6 is 0 Å². The maximum atomic E-state index is 5.39. The number of hydrogen-bond acceptors (Lipinski definition) is 4. The van der Waals surface area contributed by atoms with E-state index < -0.39 is 0 Å². The summed E-state index contributed by atoms with van der Waals surface area (Å²) in [6, 6.07) is 10.6. The Morgan fingerprint density at radius 2 is 1.92 bits per heavy atom. The third kappa shape index (κ3) is 2.43. The molecule has 1 aliphatic rings. The number of methoxy groups -OCH3 is 1. The number of aromatic nitrogens is 4. The van der Waals surface area contributed by atoms with E-state index in [0.29, 0.717) is 11.8 Å². The van der Waals surface area contributed by atoms with Crippen LogP contribution in [-0.2, 0) is 0 Å². The Morgan fingerprint density at radius 3 is 2.77 bits per heavy atom. The Balaban J connectivity index is 1.61. The van der Waals surface area contributed by atoms with Crippen LogP contribution in [0.3, 0.4) is 0 Å². The van der Waals surface area contributed by atoms with Crippen molar-refractivity contribution in [2.45, 2.75) is 31.6 Å². The molecular formula is C21H20N4O. The molecule has 1 N–H and O–H groups in total. The molecule has 0 radical (unpaired) electrons. The van der Waals surface area contributed by atoms with Gasteiger partial charge in [0.15, 0.2) is 0 Å². The van der Waals surface area contributed by atoms with Gasteiger partial charge >= 0.3 is 0 Å². The molecule has 4 aromatic rings. The van der Waals surface area contributed by atoms with Gasteiger partial charge in [-0.05, 0) is 42.7 Å². The zero-order chi connectivity index (χ0) is 17.5. The summed E-state index contributed by atoms with van der Waals surface area (Å²) in [5.41, 5.74) is 5.30. The second-order valence-corrected chi connectivity index (χ2v) is 6.93. The Labute approximate surface area is 151 Å². The Bertz CT molecular complexity index is 1100. The van der Waals surface area contributed by atoms with Crippen molar-refractivity contribution in [1.29, 1.82) is 0 Å². The van der Waals surface area contributed by atoms with Crippen molar-refractivity contribution in [2.75, 3.05) is 7.11 Å². The molecule has 5 heteroatoms. The number of H-pyrrole nitrogens is 1. The van der Waals surface area contributed by atoms with E-state index >= 15 is 0 Å². The van der Waals surface area contributed by atoms with Crippen LogP contribution in [0, 0.1) is 0 Å². The van der Waals surface area contributed by atoms with Gasteiger partial charge in [0.25, 0.3) is 0 Å². The molecule has 0 aliphatic heterocycles. The van der Waals surface area contributed by atoms with Crippen LogP contribution in [0.25, 0.3) is 33.1 Å². The normalized spacial score (nSPS) is 15.1. The first kappa shape index (κ1) is 15.3. The third-order valence-electron chi connectivity index (χ3n) is 5.44. The summed E-state index contributed by atoms with van der Waals surface area (Å²) >= 11 is 0. The molecule has 0 amide bonds. The van der Waals surface area contributed by atoms with Gasteiger partial charge in [-0.15, -0.1) is 0 Å². The van der Waals surface area contributed by atoms with Crippen molar-refractivity contribution >= 4 is 21.9 Å². The second kappa shape index (κ2) is 6.09. The highest BCUT2D eigenvalue weighted by atomic mass is 16.5. The van der Waals surface area contributed by atoms with Crippen LogP contribution in [-0.4, -0.2) is 27.0 Å². The van der Waals surface area contributed by atoms with Gasteiger partial charge in [-0.25, -0.2) is 15.0 Å². The number of nitrogens with one attached hydrogen (secondary N) is 1. The molecule has 3 aromatic heterocycles. The fourth-order valence-corrected chi connectivity index (χ4v) is 4.07. The fraction of sp³-hybridized carbons (Fsp3) is 0.286. The van der Waals surface area contributed by atoms with Gasteiger partial charge in [0.1, 0.15) is 12.0 Å². The summed E-state index contributed by atoms with van der Waals surface area (Å²) in [5, 5.41) is 2.05. The number of fused-ring (bicyclic) bond motifs is 2. The molecule has 0 saturated heterocycles. The van der Waals surface area contributed by atoms with Gasteiger partial charge in [-0.3, -0.25) is 0 Å². The Hall–Kier alpha value is -2.95. The van der Waals surface area contributed by atoms with E-state index in [0.717, 1.165) is 33.1 Å². The molecule has 1 aromatic carbocycles. The molecular weight excluding hydrogens is 324 g/mol. The lowest BCUT2D eigenvalue weighted by Gasteiger charge is -2.08. The predicted octanol–water partition coefficient (Wildman–Crippen LogP) is 4.84. The van der Waals surface area contributed by atoms with Crippen LogP contribution in [0.4, 0.5) is 0 Å². The molecule has 1 saturated carbocycles. The second-order valence-electron chi connectivity index (χ2n) is 6.93. The molecule has 26 heavy (non-hydrogen) atoms. The first-order chi connectivity index (χ1) is 12.8. The smallest absolute Gasteiger partial charge is 0.224 e. The summed E-state index contributed by atoms with van der Waals surface area (Å²) in [4.78, 5) is 16.8. The van der Waals surface area contributed by atoms with Crippen LogP contribution in [0.5, 0.6) is 5.88 Å². The topological polar surface area (TPSA) is 63.7 Å². The van der Waals surface area contributed by atoms with E-state index in [1.54, 1.807) is 7.11 Å². The molecule has 1 fully saturated rings. The lowest BCUT2D eigenvalue weighted by Crippen LogP contribution is -1.96. The SMILES string of the molecule is COc1ncnc2ccc(-c3c[nH]c4nc(C5CCCC5)ccc34)cc12. The molecule has 0 bridgehead atoms.